The maximum atomic E-state index is 12.0. The second kappa shape index (κ2) is 5.46. The Morgan fingerprint density at radius 1 is 1.50 bits per heavy atom. The summed E-state index contributed by atoms with van der Waals surface area (Å²) in [5, 5.41) is 2.88. The van der Waals surface area contributed by atoms with E-state index in [4.69, 9.17) is 10.5 Å². The first kappa shape index (κ1) is 14.3. The van der Waals surface area contributed by atoms with Crippen molar-refractivity contribution in [3.63, 3.8) is 0 Å². The summed E-state index contributed by atoms with van der Waals surface area (Å²) in [5.74, 6) is -1.26. The van der Waals surface area contributed by atoms with Gasteiger partial charge < -0.3 is 15.0 Å². The van der Waals surface area contributed by atoms with Crippen molar-refractivity contribution < 1.29 is 14.3 Å². The van der Waals surface area contributed by atoms with E-state index in [9.17, 15) is 9.59 Å². The standard InChI is InChI=1S/C13H15N3O3S/c1-7(12(14)17)19-13(18)11-4-9(5-16(11)3)10-6-20-8(2)15-10/h4-7H,1-3H3,(H2,14,17)/t7-/m0/s1. The molecule has 0 aliphatic heterocycles. The van der Waals surface area contributed by atoms with E-state index in [-0.39, 0.29) is 0 Å². The average molecular weight is 293 g/mol. The number of aryl methyl sites for hydroxylation is 2. The molecular weight excluding hydrogens is 278 g/mol. The number of carbonyl (C=O) groups is 2. The molecule has 6 nitrogen and oxygen atoms in total. The molecule has 0 unspecified atom stereocenters. The predicted molar refractivity (Wildman–Crippen MR) is 75.3 cm³/mol. The minimum Gasteiger partial charge on any atom is -0.448 e. The number of aromatic nitrogens is 2. The van der Waals surface area contributed by atoms with Crippen LogP contribution < -0.4 is 5.73 Å². The SMILES string of the molecule is Cc1nc(-c2cc(C(=O)O[C@@H](C)C(N)=O)n(C)c2)cs1. The van der Waals surface area contributed by atoms with Crippen LogP contribution in [0.3, 0.4) is 0 Å². The molecule has 1 atom stereocenters. The van der Waals surface area contributed by atoms with Gasteiger partial charge in [0.1, 0.15) is 5.69 Å². The number of carbonyl (C=O) groups excluding carboxylic acids is 2. The van der Waals surface area contributed by atoms with Crippen LogP contribution in [0.1, 0.15) is 22.4 Å². The van der Waals surface area contributed by atoms with E-state index in [1.165, 1.54) is 18.3 Å². The molecule has 0 saturated carbocycles. The summed E-state index contributed by atoms with van der Waals surface area (Å²) < 4.78 is 6.62. The number of hydrogen-bond donors (Lipinski definition) is 1. The minimum atomic E-state index is -0.956. The van der Waals surface area contributed by atoms with Crippen LogP contribution in [-0.4, -0.2) is 27.5 Å². The van der Waals surface area contributed by atoms with Crippen LogP contribution in [0, 0.1) is 6.92 Å². The third-order valence-corrected chi connectivity index (χ3v) is 3.59. The second-order valence-corrected chi connectivity index (χ2v) is 5.49. The number of thiazole rings is 1. The number of ether oxygens (including phenoxy) is 1. The van der Waals surface area contributed by atoms with E-state index < -0.39 is 18.0 Å². The van der Waals surface area contributed by atoms with Crippen LogP contribution in [-0.2, 0) is 16.6 Å². The molecule has 0 fully saturated rings. The first-order chi connectivity index (χ1) is 9.38. The van der Waals surface area contributed by atoms with Crippen molar-refractivity contribution in [3.8, 4) is 11.3 Å². The molecule has 20 heavy (non-hydrogen) atoms. The molecular formula is C13H15N3O3S. The molecule has 2 aromatic rings. The molecule has 0 aliphatic rings. The molecule has 7 heteroatoms. The van der Waals surface area contributed by atoms with Gasteiger partial charge in [0, 0.05) is 24.2 Å². The zero-order valence-electron chi connectivity index (χ0n) is 11.4. The molecule has 0 spiro atoms. The largest absolute Gasteiger partial charge is 0.448 e. The quantitative estimate of drug-likeness (QED) is 0.865. The molecule has 1 amide bonds. The smallest absolute Gasteiger partial charge is 0.355 e. The molecule has 0 radical (unpaired) electrons. The lowest BCUT2D eigenvalue weighted by Crippen LogP contribution is -2.30. The summed E-state index contributed by atoms with van der Waals surface area (Å²) in [7, 11) is 1.73. The first-order valence-corrected chi connectivity index (χ1v) is 6.85. The Bertz CT molecular complexity index is 660. The Hall–Kier alpha value is -2.15. The zero-order chi connectivity index (χ0) is 14.9. The Morgan fingerprint density at radius 3 is 2.75 bits per heavy atom. The molecule has 0 saturated heterocycles. The van der Waals surface area contributed by atoms with Crippen molar-refractivity contribution in [2.75, 3.05) is 0 Å². The Balaban J connectivity index is 2.23. The summed E-state index contributed by atoms with van der Waals surface area (Å²) in [5.41, 5.74) is 7.05. The van der Waals surface area contributed by atoms with E-state index in [2.05, 4.69) is 4.98 Å². The highest BCUT2D eigenvalue weighted by Gasteiger charge is 2.20. The fourth-order valence-corrected chi connectivity index (χ4v) is 2.30. The maximum Gasteiger partial charge on any atom is 0.355 e. The van der Waals surface area contributed by atoms with Crippen LogP contribution in [0.25, 0.3) is 11.3 Å². The zero-order valence-corrected chi connectivity index (χ0v) is 12.2. The summed E-state index contributed by atoms with van der Waals surface area (Å²) in [6, 6.07) is 1.69. The van der Waals surface area contributed by atoms with Gasteiger partial charge in [-0.15, -0.1) is 11.3 Å². The molecule has 2 N–H and O–H groups in total. The van der Waals surface area contributed by atoms with Crippen molar-refractivity contribution in [2.24, 2.45) is 12.8 Å². The molecule has 0 bridgehead atoms. The fraction of sp³-hybridized carbons (Fsp3) is 0.308. The molecule has 2 aromatic heterocycles. The maximum absolute atomic E-state index is 12.0. The second-order valence-electron chi connectivity index (χ2n) is 4.43. The molecule has 0 aliphatic carbocycles. The summed E-state index contributed by atoms with van der Waals surface area (Å²) in [6.45, 7) is 3.36. The molecule has 2 rings (SSSR count). The number of esters is 1. The average Bonchev–Trinajstić information content (AvgIpc) is 2.95. The van der Waals surface area contributed by atoms with Crippen molar-refractivity contribution >= 4 is 23.2 Å². The lowest BCUT2D eigenvalue weighted by molar-refractivity contribution is -0.125. The lowest BCUT2D eigenvalue weighted by atomic mass is 10.2. The summed E-state index contributed by atoms with van der Waals surface area (Å²) in [6.07, 6.45) is 0.836. The first-order valence-electron chi connectivity index (χ1n) is 5.97. The topological polar surface area (TPSA) is 87.2 Å². The van der Waals surface area contributed by atoms with Crippen LogP contribution in [0.4, 0.5) is 0 Å². The monoisotopic (exact) mass is 293 g/mol. The van der Waals surface area contributed by atoms with E-state index in [1.54, 1.807) is 23.9 Å². The number of primary amides is 1. The summed E-state index contributed by atoms with van der Waals surface area (Å²) in [4.78, 5) is 27.2. The van der Waals surface area contributed by atoms with Gasteiger partial charge >= 0.3 is 5.97 Å². The number of nitrogens with zero attached hydrogens (tertiary/aromatic N) is 2. The lowest BCUT2D eigenvalue weighted by Gasteiger charge is -2.09. The van der Waals surface area contributed by atoms with Crippen molar-refractivity contribution in [2.45, 2.75) is 20.0 Å². The van der Waals surface area contributed by atoms with Gasteiger partial charge in [-0.2, -0.15) is 0 Å². The van der Waals surface area contributed by atoms with Gasteiger partial charge in [-0.3, -0.25) is 4.79 Å². The third-order valence-electron chi connectivity index (χ3n) is 2.81. The Labute approximate surface area is 120 Å². The summed E-state index contributed by atoms with van der Waals surface area (Å²) >= 11 is 1.54. The van der Waals surface area contributed by atoms with Crippen LogP contribution in [0.2, 0.25) is 0 Å². The number of hydrogen-bond acceptors (Lipinski definition) is 5. The van der Waals surface area contributed by atoms with E-state index in [0.29, 0.717) is 5.69 Å². The molecule has 106 valence electrons. The van der Waals surface area contributed by atoms with Crippen molar-refractivity contribution in [1.82, 2.24) is 9.55 Å². The number of nitrogens with two attached hydrogens (primary N) is 1. The van der Waals surface area contributed by atoms with Crippen LogP contribution in [0.5, 0.6) is 0 Å². The van der Waals surface area contributed by atoms with Crippen LogP contribution in [0.15, 0.2) is 17.6 Å². The van der Waals surface area contributed by atoms with Crippen LogP contribution >= 0.6 is 11.3 Å². The minimum absolute atomic E-state index is 0.346. The fourth-order valence-electron chi connectivity index (χ4n) is 1.68. The Morgan fingerprint density at radius 2 is 2.20 bits per heavy atom. The number of rotatable bonds is 4. The normalized spacial score (nSPS) is 12.2. The molecule has 0 aromatic carbocycles. The molecule has 2 heterocycles. The van der Waals surface area contributed by atoms with E-state index >= 15 is 0 Å². The number of amides is 1. The highest BCUT2D eigenvalue weighted by molar-refractivity contribution is 7.09. The van der Waals surface area contributed by atoms with Crippen molar-refractivity contribution in [3.05, 3.63) is 28.3 Å². The van der Waals surface area contributed by atoms with Gasteiger partial charge in [0.15, 0.2) is 6.10 Å². The van der Waals surface area contributed by atoms with E-state index in [0.717, 1.165) is 16.3 Å². The van der Waals surface area contributed by atoms with Gasteiger partial charge in [0.2, 0.25) is 0 Å². The highest BCUT2D eigenvalue weighted by Crippen LogP contribution is 2.24. The van der Waals surface area contributed by atoms with E-state index in [1.807, 2.05) is 12.3 Å². The van der Waals surface area contributed by atoms with Gasteiger partial charge in [0.05, 0.1) is 10.7 Å². The third kappa shape index (κ3) is 2.88. The highest BCUT2D eigenvalue weighted by atomic mass is 32.1. The van der Waals surface area contributed by atoms with Gasteiger partial charge in [-0.05, 0) is 19.9 Å². The Kier molecular flexibility index (Phi) is 3.89. The predicted octanol–water partition coefficient (Wildman–Crippen LogP) is 1.49. The van der Waals surface area contributed by atoms with Gasteiger partial charge in [0.25, 0.3) is 5.91 Å². The van der Waals surface area contributed by atoms with Gasteiger partial charge in [-0.1, -0.05) is 0 Å². The van der Waals surface area contributed by atoms with Crippen molar-refractivity contribution in [1.29, 1.82) is 0 Å². The van der Waals surface area contributed by atoms with Gasteiger partial charge in [-0.25, -0.2) is 9.78 Å².